The van der Waals surface area contributed by atoms with E-state index in [1.54, 1.807) is 0 Å². The molecule has 1 amide bonds. The largest absolute Gasteiger partial charge is 0.352 e. The van der Waals surface area contributed by atoms with Crippen molar-refractivity contribution in [2.45, 2.75) is 43.9 Å². The number of amides is 1. The molecule has 0 aliphatic heterocycles. The molecule has 4 nitrogen and oxygen atoms in total. The maximum atomic E-state index is 11.3. The number of aryl methyl sites for hydroxylation is 1. The van der Waals surface area contributed by atoms with E-state index in [1.807, 2.05) is 0 Å². The quantitative estimate of drug-likeness (QED) is 0.792. The lowest BCUT2D eigenvalue weighted by Crippen LogP contribution is -2.31. The molecule has 0 radical (unpaired) electrons. The number of H-pyrrole nitrogens is 1. The van der Waals surface area contributed by atoms with Crippen molar-refractivity contribution in [2.24, 2.45) is 0 Å². The van der Waals surface area contributed by atoms with Crippen LogP contribution in [0.3, 0.4) is 0 Å². The van der Waals surface area contributed by atoms with Gasteiger partial charge in [-0.3, -0.25) is 9.89 Å². The Morgan fingerprint density at radius 1 is 1.44 bits per heavy atom. The Hall–Kier alpha value is -1.58. The Bertz CT molecular complexity index is 485. The Balaban J connectivity index is 1.79. The Morgan fingerprint density at radius 3 is 2.94 bits per heavy atom. The lowest BCUT2D eigenvalue weighted by atomic mass is 9.89. The third-order valence-corrected chi connectivity index (χ3v) is 4.20. The first-order valence-corrected chi connectivity index (χ1v) is 6.72. The van der Waals surface area contributed by atoms with Crippen molar-refractivity contribution in [2.75, 3.05) is 6.54 Å². The number of aromatic nitrogens is 2. The maximum Gasteiger partial charge on any atom is 0.243 e. The molecule has 1 aromatic heterocycles. The second kappa shape index (κ2) is 4.26. The predicted molar refractivity (Wildman–Crippen MR) is 69.3 cm³/mol. The van der Waals surface area contributed by atoms with Crippen molar-refractivity contribution in [1.82, 2.24) is 15.5 Å². The van der Waals surface area contributed by atoms with E-state index in [2.05, 4.69) is 22.1 Å². The molecule has 0 saturated heterocycles. The number of fused-ring (bicyclic) bond motifs is 1. The van der Waals surface area contributed by atoms with Crippen molar-refractivity contribution in [3.05, 3.63) is 29.6 Å². The normalized spacial score (nSPS) is 20.0. The third-order valence-electron chi connectivity index (χ3n) is 4.20. The number of hydrogen-bond donors (Lipinski definition) is 2. The summed E-state index contributed by atoms with van der Waals surface area (Å²) in [6.45, 7) is 4.17. The van der Waals surface area contributed by atoms with Crippen molar-refractivity contribution < 1.29 is 4.79 Å². The van der Waals surface area contributed by atoms with Gasteiger partial charge in [0.2, 0.25) is 5.91 Å². The highest BCUT2D eigenvalue weighted by molar-refractivity contribution is 5.86. The van der Waals surface area contributed by atoms with Gasteiger partial charge in [-0.1, -0.05) is 6.58 Å². The van der Waals surface area contributed by atoms with Gasteiger partial charge in [0.05, 0.1) is 5.69 Å². The van der Waals surface area contributed by atoms with E-state index in [-0.39, 0.29) is 11.3 Å². The molecule has 0 aromatic carbocycles. The van der Waals surface area contributed by atoms with Crippen LogP contribution in [0.1, 0.15) is 42.6 Å². The van der Waals surface area contributed by atoms with Gasteiger partial charge in [0, 0.05) is 17.7 Å². The standard InChI is InChI=1S/C14H19N3O/c1-2-12(18)15-9-14(7-8-14)13-10-5-3-4-6-11(10)16-17-13/h2H,1,3-9H2,(H,15,18)(H,16,17). The zero-order valence-corrected chi connectivity index (χ0v) is 10.6. The topological polar surface area (TPSA) is 57.8 Å². The first-order chi connectivity index (χ1) is 8.75. The van der Waals surface area contributed by atoms with E-state index in [4.69, 9.17) is 0 Å². The van der Waals surface area contributed by atoms with Crippen LogP contribution in [0.4, 0.5) is 0 Å². The molecule has 1 fully saturated rings. The van der Waals surface area contributed by atoms with Crippen LogP contribution in [0, 0.1) is 0 Å². The van der Waals surface area contributed by atoms with Gasteiger partial charge in [0.25, 0.3) is 0 Å². The molecule has 0 unspecified atom stereocenters. The van der Waals surface area contributed by atoms with Crippen molar-refractivity contribution in [1.29, 1.82) is 0 Å². The highest BCUT2D eigenvalue weighted by atomic mass is 16.1. The molecule has 2 N–H and O–H groups in total. The summed E-state index contributed by atoms with van der Waals surface area (Å²) in [6.07, 6.45) is 8.36. The Morgan fingerprint density at radius 2 is 2.22 bits per heavy atom. The average molecular weight is 245 g/mol. The summed E-state index contributed by atoms with van der Waals surface area (Å²) in [5.41, 5.74) is 4.05. The number of aromatic amines is 1. The van der Waals surface area contributed by atoms with E-state index < -0.39 is 0 Å². The summed E-state index contributed by atoms with van der Waals surface area (Å²) >= 11 is 0. The fourth-order valence-electron chi connectivity index (χ4n) is 2.90. The summed E-state index contributed by atoms with van der Waals surface area (Å²) in [5.74, 6) is -0.0920. The average Bonchev–Trinajstić information content (AvgIpc) is 3.07. The highest BCUT2D eigenvalue weighted by Crippen LogP contribution is 2.49. The van der Waals surface area contributed by atoms with Gasteiger partial charge in [-0.2, -0.15) is 5.10 Å². The fourth-order valence-corrected chi connectivity index (χ4v) is 2.90. The van der Waals surface area contributed by atoms with Crippen LogP contribution < -0.4 is 5.32 Å². The van der Waals surface area contributed by atoms with Crippen LogP contribution in [0.2, 0.25) is 0 Å². The third kappa shape index (κ3) is 1.85. The van der Waals surface area contributed by atoms with E-state index in [1.165, 1.54) is 35.9 Å². The number of nitrogens with one attached hydrogen (secondary N) is 2. The van der Waals surface area contributed by atoms with Gasteiger partial charge in [-0.15, -0.1) is 0 Å². The molecular formula is C14H19N3O. The van der Waals surface area contributed by atoms with Crippen LogP contribution in [-0.2, 0) is 23.1 Å². The molecule has 2 aliphatic carbocycles. The Labute approximate surface area is 107 Å². The summed E-state index contributed by atoms with van der Waals surface area (Å²) in [5, 5.41) is 10.6. The van der Waals surface area contributed by atoms with Crippen LogP contribution in [-0.4, -0.2) is 22.6 Å². The van der Waals surface area contributed by atoms with Gasteiger partial charge < -0.3 is 5.32 Å². The summed E-state index contributed by atoms with van der Waals surface area (Å²) < 4.78 is 0. The van der Waals surface area contributed by atoms with Gasteiger partial charge in [0.1, 0.15) is 0 Å². The zero-order valence-electron chi connectivity index (χ0n) is 10.6. The summed E-state index contributed by atoms with van der Waals surface area (Å²) in [6, 6.07) is 0. The first kappa shape index (κ1) is 11.5. The summed E-state index contributed by atoms with van der Waals surface area (Å²) in [7, 11) is 0. The molecule has 0 atom stereocenters. The van der Waals surface area contributed by atoms with E-state index >= 15 is 0 Å². The lowest BCUT2D eigenvalue weighted by molar-refractivity contribution is -0.116. The second-order valence-corrected chi connectivity index (χ2v) is 5.44. The minimum Gasteiger partial charge on any atom is -0.352 e. The van der Waals surface area contributed by atoms with Gasteiger partial charge >= 0.3 is 0 Å². The fraction of sp³-hybridized carbons (Fsp3) is 0.571. The molecule has 0 bridgehead atoms. The number of nitrogens with zero attached hydrogens (tertiary/aromatic N) is 1. The number of carbonyl (C=O) groups excluding carboxylic acids is 1. The molecule has 1 aromatic rings. The van der Waals surface area contributed by atoms with E-state index in [0.717, 1.165) is 25.7 Å². The number of hydrogen-bond acceptors (Lipinski definition) is 2. The van der Waals surface area contributed by atoms with Crippen molar-refractivity contribution in [3.8, 4) is 0 Å². The zero-order chi connectivity index (χ0) is 12.6. The lowest BCUT2D eigenvalue weighted by Gasteiger charge is -2.17. The van der Waals surface area contributed by atoms with Gasteiger partial charge in [-0.25, -0.2) is 0 Å². The van der Waals surface area contributed by atoms with Crippen LogP contribution in [0.15, 0.2) is 12.7 Å². The molecule has 4 heteroatoms. The van der Waals surface area contributed by atoms with Gasteiger partial charge in [0.15, 0.2) is 0 Å². The molecular weight excluding hydrogens is 226 g/mol. The summed E-state index contributed by atoms with van der Waals surface area (Å²) in [4.78, 5) is 11.3. The molecule has 3 rings (SSSR count). The maximum absolute atomic E-state index is 11.3. The van der Waals surface area contributed by atoms with Crippen LogP contribution >= 0.6 is 0 Å². The SMILES string of the molecule is C=CC(=O)NCC1(c2n[nH]c3c2CCCC3)CC1. The number of carbonyl (C=O) groups is 1. The monoisotopic (exact) mass is 245 g/mol. The minimum absolute atomic E-state index is 0.0920. The second-order valence-electron chi connectivity index (χ2n) is 5.44. The highest BCUT2D eigenvalue weighted by Gasteiger charge is 2.48. The molecule has 96 valence electrons. The molecule has 18 heavy (non-hydrogen) atoms. The Kier molecular flexibility index (Phi) is 2.73. The molecule has 1 heterocycles. The van der Waals surface area contributed by atoms with Crippen LogP contribution in [0.25, 0.3) is 0 Å². The number of rotatable bonds is 4. The van der Waals surface area contributed by atoms with E-state index in [0.29, 0.717) is 6.54 Å². The predicted octanol–water partition coefficient (Wildman–Crippen LogP) is 1.62. The molecule has 2 aliphatic rings. The van der Waals surface area contributed by atoms with E-state index in [9.17, 15) is 4.79 Å². The molecule has 0 spiro atoms. The van der Waals surface area contributed by atoms with Gasteiger partial charge in [-0.05, 0) is 50.2 Å². The first-order valence-electron chi connectivity index (χ1n) is 6.72. The molecule has 1 saturated carbocycles. The van der Waals surface area contributed by atoms with Crippen molar-refractivity contribution in [3.63, 3.8) is 0 Å². The van der Waals surface area contributed by atoms with Crippen molar-refractivity contribution >= 4 is 5.91 Å². The minimum atomic E-state index is -0.0920. The smallest absolute Gasteiger partial charge is 0.243 e. The van der Waals surface area contributed by atoms with Crippen LogP contribution in [0.5, 0.6) is 0 Å².